The van der Waals surface area contributed by atoms with Gasteiger partial charge in [-0.3, -0.25) is 19.1 Å². The van der Waals surface area contributed by atoms with Gasteiger partial charge in [0.25, 0.3) is 5.91 Å². The Morgan fingerprint density at radius 1 is 1.12 bits per heavy atom. The first-order valence-electron chi connectivity index (χ1n) is 11.5. The van der Waals surface area contributed by atoms with Gasteiger partial charge >= 0.3 is 0 Å². The molecule has 1 atom stereocenters. The molecule has 174 valence electrons. The van der Waals surface area contributed by atoms with E-state index >= 15 is 0 Å². The quantitative estimate of drug-likeness (QED) is 0.572. The van der Waals surface area contributed by atoms with Crippen molar-refractivity contribution in [3.05, 3.63) is 30.0 Å². The van der Waals surface area contributed by atoms with E-state index in [1.165, 1.54) is 38.5 Å². The van der Waals surface area contributed by atoms with E-state index in [2.05, 4.69) is 15.7 Å². The van der Waals surface area contributed by atoms with Crippen LogP contribution in [-0.4, -0.2) is 40.1 Å². The summed E-state index contributed by atoms with van der Waals surface area (Å²) in [6.45, 7) is 6.06. The van der Waals surface area contributed by atoms with Crippen LogP contribution in [0.25, 0.3) is 10.9 Å². The SMILES string of the molecule is CC(C)(C)[C@H](NC(=O)c1nn(CC2CCCCCC2)c2ccccc12)C(=O)NCC(N)=O. The number of hydrogen-bond acceptors (Lipinski definition) is 4. The van der Waals surface area contributed by atoms with Crippen LogP contribution < -0.4 is 16.4 Å². The molecule has 0 saturated heterocycles. The Morgan fingerprint density at radius 2 is 1.78 bits per heavy atom. The molecule has 32 heavy (non-hydrogen) atoms. The highest BCUT2D eigenvalue weighted by molar-refractivity contribution is 6.06. The van der Waals surface area contributed by atoms with Crippen LogP contribution in [0.5, 0.6) is 0 Å². The molecule has 8 heteroatoms. The van der Waals surface area contributed by atoms with Gasteiger partial charge in [0.1, 0.15) is 6.04 Å². The average molecular weight is 442 g/mol. The number of aromatic nitrogens is 2. The van der Waals surface area contributed by atoms with Crippen LogP contribution >= 0.6 is 0 Å². The molecule has 1 heterocycles. The Balaban J connectivity index is 1.84. The molecule has 3 rings (SSSR count). The molecule has 1 aromatic carbocycles. The van der Waals surface area contributed by atoms with E-state index in [1.54, 1.807) is 0 Å². The van der Waals surface area contributed by atoms with Crippen molar-refractivity contribution >= 4 is 28.6 Å². The summed E-state index contributed by atoms with van der Waals surface area (Å²) in [4.78, 5) is 37.0. The summed E-state index contributed by atoms with van der Waals surface area (Å²) in [6, 6.07) is 6.86. The lowest BCUT2D eigenvalue weighted by atomic mass is 9.86. The summed E-state index contributed by atoms with van der Waals surface area (Å²) < 4.78 is 1.94. The molecule has 3 amide bonds. The third kappa shape index (κ3) is 5.87. The normalized spacial score (nSPS) is 16.3. The maximum Gasteiger partial charge on any atom is 0.273 e. The topological polar surface area (TPSA) is 119 Å². The standard InChI is InChI=1S/C24H35N5O3/c1-24(2,3)21(23(32)26-14-19(25)30)27-22(31)20-17-12-8-9-13-18(17)29(28-20)15-16-10-6-4-5-7-11-16/h8-9,12-13,16,21H,4-7,10-11,14-15H2,1-3H3,(H2,25,30)(H,26,32)(H,27,31)/t21-/m1/s1. The number of carbonyl (C=O) groups excluding carboxylic acids is 3. The molecule has 8 nitrogen and oxygen atoms in total. The maximum absolute atomic E-state index is 13.3. The molecule has 0 unspecified atom stereocenters. The molecular weight excluding hydrogens is 406 g/mol. The minimum Gasteiger partial charge on any atom is -0.368 e. The summed E-state index contributed by atoms with van der Waals surface area (Å²) in [5.74, 6) is -0.944. The fourth-order valence-electron chi connectivity index (χ4n) is 4.38. The lowest BCUT2D eigenvalue weighted by Gasteiger charge is -2.30. The van der Waals surface area contributed by atoms with Crippen LogP contribution in [0.3, 0.4) is 0 Å². The van der Waals surface area contributed by atoms with Gasteiger partial charge in [-0.15, -0.1) is 0 Å². The first-order chi connectivity index (χ1) is 15.2. The van der Waals surface area contributed by atoms with Crippen LogP contribution in [0.4, 0.5) is 0 Å². The van der Waals surface area contributed by atoms with Gasteiger partial charge in [-0.2, -0.15) is 5.10 Å². The van der Waals surface area contributed by atoms with Crippen LogP contribution in [0, 0.1) is 11.3 Å². The van der Waals surface area contributed by atoms with E-state index in [9.17, 15) is 14.4 Å². The minimum absolute atomic E-state index is 0.278. The summed E-state index contributed by atoms with van der Waals surface area (Å²) in [5.41, 5.74) is 5.80. The molecule has 4 N–H and O–H groups in total. The van der Waals surface area contributed by atoms with E-state index in [0.717, 1.165) is 17.4 Å². The lowest BCUT2D eigenvalue weighted by molar-refractivity contribution is -0.128. The summed E-state index contributed by atoms with van der Waals surface area (Å²) >= 11 is 0. The maximum atomic E-state index is 13.3. The van der Waals surface area contributed by atoms with E-state index in [4.69, 9.17) is 5.73 Å². The van der Waals surface area contributed by atoms with E-state index < -0.39 is 29.2 Å². The second-order valence-electron chi connectivity index (χ2n) is 9.86. The number of nitrogens with zero attached hydrogens (tertiary/aromatic N) is 2. The van der Waals surface area contributed by atoms with Crippen molar-refractivity contribution in [2.75, 3.05) is 6.54 Å². The molecule has 1 aliphatic carbocycles. The number of rotatable bonds is 7. The molecular formula is C24H35N5O3. The third-order valence-corrected chi connectivity index (χ3v) is 6.12. The number of carbonyl (C=O) groups is 3. The van der Waals surface area contributed by atoms with Crippen molar-refractivity contribution < 1.29 is 14.4 Å². The van der Waals surface area contributed by atoms with Crippen LogP contribution in [0.2, 0.25) is 0 Å². The molecule has 0 spiro atoms. The van der Waals surface area contributed by atoms with E-state index in [0.29, 0.717) is 11.6 Å². The zero-order valence-corrected chi connectivity index (χ0v) is 19.3. The van der Waals surface area contributed by atoms with E-state index in [1.807, 2.05) is 49.7 Å². The average Bonchev–Trinajstić information content (AvgIpc) is 2.90. The highest BCUT2D eigenvalue weighted by atomic mass is 16.2. The molecule has 1 saturated carbocycles. The molecule has 0 aliphatic heterocycles. The second-order valence-corrected chi connectivity index (χ2v) is 9.86. The number of nitrogens with two attached hydrogens (primary N) is 1. The Morgan fingerprint density at radius 3 is 2.41 bits per heavy atom. The number of primary amides is 1. The number of hydrogen-bond donors (Lipinski definition) is 3. The molecule has 1 fully saturated rings. The Hall–Kier alpha value is -2.90. The zero-order valence-electron chi connectivity index (χ0n) is 19.3. The van der Waals surface area contributed by atoms with Crippen LogP contribution in [-0.2, 0) is 16.1 Å². The van der Waals surface area contributed by atoms with Gasteiger partial charge in [-0.25, -0.2) is 0 Å². The van der Waals surface area contributed by atoms with Crippen molar-refractivity contribution in [2.45, 2.75) is 71.9 Å². The lowest BCUT2D eigenvalue weighted by Crippen LogP contribution is -2.54. The van der Waals surface area contributed by atoms with Gasteiger partial charge in [0.05, 0.1) is 12.1 Å². The van der Waals surface area contributed by atoms with Gasteiger partial charge in [0.2, 0.25) is 11.8 Å². The van der Waals surface area contributed by atoms with Gasteiger partial charge < -0.3 is 16.4 Å². The Kier molecular flexibility index (Phi) is 7.53. The molecule has 0 radical (unpaired) electrons. The summed E-state index contributed by atoms with van der Waals surface area (Å²) in [6.07, 6.45) is 7.42. The van der Waals surface area contributed by atoms with Crippen LogP contribution in [0.1, 0.15) is 69.8 Å². The third-order valence-electron chi connectivity index (χ3n) is 6.12. The van der Waals surface area contributed by atoms with Crippen molar-refractivity contribution in [3.63, 3.8) is 0 Å². The van der Waals surface area contributed by atoms with Gasteiger partial charge in [0.15, 0.2) is 5.69 Å². The first-order valence-corrected chi connectivity index (χ1v) is 11.5. The van der Waals surface area contributed by atoms with E-state index in [-0.39, 0.29) is 6.54 Å². The summed E-state index contributed by atoms with van der Waals surface area (Å²) in [7, 11) is 0. The number of nitrogens with one attached hydrogen (secondary N) is 2. The molecule has 2 aromatic rings. The van der Waals surface area contributed by atoms with Crippen molar-refractivity contribution in [1.82, 2.24) is 20.4 Å². The second kappa shape index (κ2) is 10.1. The summed E-state index contributed by atoms with van der Waals surface area (Å²) in [5, 5.41) is 10.8. The number of amides is 3. The smallest absolute Gasteiger partial charge is 0.273 e. The monoisotopic (exact) mass is 441 g/mol. The Bertz CT molecular complexity index is 968. The molecule has 1 aromatic heterocycles. The largest absolute Gasteiger partial charge is 0.368 e. The zero-order chi connectivity index (χ0) is 23.3. The van der Waals surface area contributed by atoms with Gasteiger partial charge in [0, 0.05) is 11.9 Å². The molecule has 0 bridgehead atoms. The predicted octanol–water partition coefficient (Wildman–Crippen LogP) is 2.75. The number of fused-ring (bicyclic) bond motifs is 1. The Labute approximate surface area is 189 Å². The van der Waals surface area contributed by atoms with Crippen LogP contribution in [0.15, 0.2) is 24.3 Å². The number of benzene rings is 1. The van der Waals surface area contributed by atoms with Crippen molar-refractivity contribution in [1.29, 1.82) is 0 Å². The van der Waals surface area contributed by atoms with Gasteiger partial charge in [-0.05, 0) is 30.2 Å². The predicted molar refractivity (Wildman–Crippen MR) is 124 cm³/mol. The van der Waals surface area contributed by atoms with Crippen molar-refractivity contribution in [2.24, 2.45) is 17.1 Å². The highest BCUT2D eigenvalue weighted by Gasteiger charge is 2.34. The highest BCUT2D eigenvalue weighted by Crippen LogP contribution is 2.27. The number of para-hydroxylation sites is 1. The fourth-order valence-corrected chi connectivity index (χ4v) is 4.38. The van der Waals surface area contributed by atoms with Gasteiger partial charge in [-0.1, -0.05) is 64.7 Å². The van der Waals surface area contributed by atoms with Crippen molar-refractivity contribution in [3.8, 4) is 0 Å². The minimum atomic E-state index is -0.847. The fraction of sp³-hybridized carbons (Fsp3) is 0.583. The first kappa shape index (κ1) is 23.8. The molecule has 1 aliphatic rings.